The molecule has 3 amide bonds. The van der Waals surface area contributed by atoms with E-state index in [1.54, 1.807) is 51.1 Å². The van der Waals surface area contributed by atoms with Crippen LogP contribution in [0.25, 0.3) is 0 Å². The van der Waals surface area contributed by atoms with E-state index in [0.717, 1.165) is 22.7 Å². The summed E-state index contributed by atoms with van der Waals surface area (Å²) in [5.74, 6) is -4.87. The van der Waals surface area contributed by atoms with E-state index < -0.39 is 70.2 Å². The van der Waals surface area contributed by atoms with Gasteiger partial charge < -0.3 is 35.1 Å². The summed E-state index contributed by atoms with van der Waals surface area (Å²) in [5, 5.41) is 17.1. The van der Waals surface area contributed by atoms with Gasteiger partial charge in [-0.1, -0.05) is 36.4 Å². The van der Waals surface area contributed by atoms with E-state index in [9.17, 15) is 41.8 Å². The van der Waals surface area contributed by atoms with Gasteiger partial charge in [-0.2, -0.15) is 13.2 Å². The van der Waals surface area contributed by atoms with Crippen molar-refractivity contribution in [2.45, 2.75) is 70.6 Å². The van der Waals surface area contributed by atoms with Crippen LogP contribution in [0.5, 0.6) is 0 Å². The number of nitrogens with one attached hydrogen (secondary N) is 3. The van der Waals surface area contributed by atoms with E-state index >= 15 is 0 Å². The highest BCUT2D eigenvalue weighted by molar-refractivity contribution is 5.98. The quantitative estimate of drug-likeness (QED) is 0.203. The van der Waals surface area contributed by atoms with E-state index in [1.165, 1.54) is 13.8 Å². The molecule has 2 unspecified atom stereocenters. The summed E-state index contributed by atoms with van der Waals surface area (Å²) in [5.41, 5.74) is -3.50. The van der Waals surface area contributed by atoms with Gasteiger partial charge >= 0.3 is 18.2 Å². The number of alkyl halides is 3. The Balaban J connectivity index is 1.80. The third-order valence-corrected chi connectivity index (χ3v) is 6.41. The third kappa shape index (κ3) is 10.5. The Morgan fingerprint density at radius 3 is 2.23 bits per heavy atom. The van der Waals surface area contributed by atoms with Crippen molar-refractivity contribution in [3.63, 3.8) is 0 Å². The fraction of sp³-hybridized carbons (Fsp3) is 0.387. The lowest BCUT2D eigenvalue weighted by Crippen LogP contribution is -2.59. The van der Waals surface area contributed by atoms with Crippen molar-refractivity contribution in [1.82, 2.24) is 20.2 Å². The van der Waals surface area contributed by atoms with Crippen LogP contribution < -0.4 is 16.0 Å². The molecule has 16 heteroatoms. The minimum Gasteiger partial charge on any atom is -0.479 e. The van der Waals surface area contributed by atoms with E-state index in [4.69, 9.17) is 9.47 Å². The second kappa shape index (κ2) is 14.6. The number of anilines is 1. The fourth-order valence-electron chi connectivity index (χ4n) is 4.11. The van der Waals surface area contributed by atoms with Crippen molar-refractivity contribution >= 4 is 29.7 Å². The van der Waals surface area contributed by atoms with Crippen LogP contribution >= 0.6 is 0 Å². The summed E-state index contributed by atoms with van der Waals surface area (Å²) >= 11 is 0. The number of carboxylic acid groups (broad SMARTS) is 1. The number of imidazole rings is 1. The molecule has 3 aromatic rings. The minimum atomic E-state index is -4.84. The summed E-state index contributed by atoms with van der Waals surface area (Å²) in [6.07, 6.45) is -3.74. The second-order valence-electron chi connectivity index (χ2n) is 11.9. The maximum Gasteiger partial charge on any atom is 0.416 e. The lowest BCUT2D eigenvalue weighted by molar-refractivity contribution is -0.139. The maximum atomic E-state index is 14.7. The van der Waals surface area contributed by atoms with Crippen LogP contribution in [0.3, 0.4) is 0 Å². The molecule has 0 radical (unpaired) electrons. The lowest BCUT2D eigenvalue weighted by atomic mass is 10.0. The number of aliphatic carboxylic acids is 1. The van der Waals surface area contributed by atoms with Crippen LogP contribution in [0, 0.1) is 5.82 Å². The molecule has 0 aliphatic rings. The molecule has 12 nitrogen and oxygen atoms in total. The van der Waals surface area contributed by atoms with Gasteiger partial charge in [-0.25, -0.2) is 19.0 Å². The Bertz CT molecular complexity index is 1590. The van der Waals surface area contributed by atoms with Gasteiger partial charge in [-0.3, -0.25) is 9.59 Å². The van der Waals surface area contributed by atoms with Crippen molar-refractivity contribution in [3.05, 3.63) is 83.6 Å². The molecule has 254 valence electrons. The maximum absolute atomic E-state index is 14.7. The molecule has 47 heavy (non-hydrogen) atoms. The molecular weight excluding hydrogens is 630 g/mol. The highest BCUT2D eigenvalue weighted by Crippen LogP contribution is 2.32. The molecule has 2 atom stereocenters. The monoisotopic (exact) mass is 665 g/mol. The number of nitrogens with zero attached hydrogens (tertiary/aromatic N) is 2. The van der Waals surface area contributed by atoms with Crippen molar-refractivity contribution in [1.29, 1.82) is 0 Å². The van der Waals surface area contributed by atoms with E-state index in [0.29, 0.717) is 12.1 Å². The van der Waals surface area contributed by atoms with Crippen molar-refractivity contribution < 1.29 is 51.3 Å². The number of hydrogen-bond donors (Lipinski definition) is 4. The molecule has 2 aromatic carbocycles. The molecule has 0 saturated carbocycles. The molecular formula is C31H35F4N5O7. The zero-order valence-electron chi connectivity index (χ0n) is 26.1. The molecule has 0 aliphatic heterocycles. The Labute approximate surface area is 267 Å². The Hall–Kier alpha value is -4.99. The van der Waals surface area contributed by atoms with Crippen LogP contribution in [-0.2, 0) is 36.6 Å². The molecule has 3 rings (SSSR count). The number of carboxylic acids is 1. The van der Waals surface area contributed by atoms with Crippen LogP contribution in [-0.4, -0.2) is 62.3 Å². The van der Waals surface area contributed by atoms with Crippen LogP contribution in [0.1, 0.15) is 57.4 Å². The second-order valence-corrected chi connectivity index (χ2v) is 11.9. The van der Waals surface area contributed by atoms with Gasteiger partial charge in [0.05, 0.1) is 25.1 Å². The molecule has 0 bridgehead atoms. The topological polar surface area (TPSA) is 161 Å². The van der Waals surface area contributed by atoms with Crippen molar-refractivity contribution in [2.75, 3.05) is 11.9 Å². The molecule has 0 aliphatic carbocycles. The third-order valence-electron chi connectivity index (χ3n) is 6.41. The normalized spacial score (nSPS) is 13.3. The average molecular weight is 666 g/mol. The number of amides is 3. The van der Waals surface area contributed by atoms with E-state index in [2.05, 4.69) is 20.9 Å². The zero-order valence-corrected chi connectivity index (χ0v) is 26.1. The number of ether oxygens (including phenoxy) is 2. The molecule has 0 fully saturated rings. The number of halogens is 4. The SMILES string of the molecule is CC(C)(C)OC(=O)NC(C)(C)C(=O)NC(COCc1ccccc1)C(=O)Nc1cn(C(C(=O)O)c2ccc(C(F)(F)F)cc2F)cn1. The van der Waals surface area contributed by atoms with Crippen LogP contribution in [0.15, 0.2) is 61.1 Å². The molecule has 0 spiro atoms. The zero-order chi connectivity index (χ0) is 35.2. The Kier molecular flexibility index (Phi) is 11.3. The van der Waals surface area contributed by atoms with Gasteiger partial charge in [0.25, 0.3) is 5.91 Å². The minimum absolute atomic E-state index is 0.0770. The van der Waals surface area contributed by atoms with Crippen LogP contribution in [0.4, 0.5) is 28.2 Å². The van der Waals surface area contributed by atoms with Gasteiger partial charge in [0, 0.05) is 11.8 Å². The van der Waals surface area contributed by atoms with Crippen molar-refractivity contribution in [3.8, 4) is 0 Å². The fourth-order valence-corrected chi connectivity index (χ4v) is 4.11. The molecule has 1 aromatic heterocycles. The molecule has 1 heterocycles. The van der Waals surface area contributed by atoms with Gasteiger partial charge in [0.15, 0.2) is 11.9 Å². The lowest BCUT2D eigenvalue weighted by Gasteiger charge is -2.29. The first-order chi connectivity index (χ1) is 21.8. The summed E-state index contributed by atoms with van der Waals surface area (Å²) < 4.78 is 65.4. The standard InChI is InChI=1S/C31H35F4N5O7/c1-29(2,3)47-28(45)39-30(4,5)27(44)37-22(16-46-15-18-9-7-6-8-10-18)25(41)38-23-14-40(17-36-23)24(26(42)43)20-12-11-19(13-21(20)32)31(33,34)35/h6-14,17,22,24H,15-16H2,1-5H3,(H,37,44)(H,38,41)(H,39,45)(H,42,43). The molecule has 0 saturated heterocycles. The van der Waals surface area contributed by atoms with Gasteiger partial charge in [-0.05, 0) is 52.3 Å². The first-order valence-electron chi connectivity index (χ1n) is 14.1. The number of carbonyl (C=O) groups excluding carboxylic acids is 3. The predicted molar refractivity (Wildman–Crippen MR) is 160 cm³/mol. The number of rotatable bonds is 12. The smallest absolute Gasteiger partial charge is 0.416 e. The summed E-state index contributed by atoms with van der Waals surface area (Å²) in [6.45, 7) is 7.44. The average Bonchev–Trinajstić information content (AvgIpc) is 3.39. The number of carbonyl (C=O) groups is 4. The Morgan fingerprint density at radius 2 is 1.66 bits per heavy atom. The first kappa shape index (κ1) is 36.5. The van der Waals surface area contributed by atoms with Crippen molar-refractivity contribution in [2.24, 2.45) is 0 Å². The highest BCUT2D eigenvalue weighted by Gasteiger charge is 2.36. The molecule has 4 N–H and O–H groups in total. The largest absolute Gasteiger partial charge is 0.479 e. The number of aromatic nitrogens is 2. The summed E-state index contributed by atoms with van der Waals surface area (Å²) in [7, 11) is 0. The van der Waals surface area contributed by atoms with E-state index in [-0.39, 0.29) is 25.1 Å². The number of alkyl carbamates (subject to hydrolysis) is 1. The van der Waals surface area contributed by atoms with Gasteiger partial charge in [0.1, 0.15) is 23.0 Å². The van der Waals surface area contributed by atoms with E-state index in [1.807, 2.05) is 0 Å². The van der Waals surface area contributed by atoms with Gasteiger partial charge in [0.2, 0.25) is 5.91 Å². The number of hydrogen-bond acceptors (Lipinski definition) is 7. The van der Waals surface area contributed by atoms with Gasteiger partial charge in [-0.15, -0.1) is 0 Å². The summed E-state index contributed by atoms with van der Waals surface area (Å²) in [4.78, 5) is 54.8. The van der Waals surface area contributed by atoms with Crippen LogP contribution in [0.2, 0.25) is 0 Å². The predicted octanol–water partition coefficient (Wildman–Crippen LogP) is 4.66. The number of benzene rings is 2. The first-order valence-corrected chi connectivity index (χ1v) is 14.1. The highest BCUT2D eigenvalue weighted by atomic mass is 19.4. The Morgan fingerprint density at radius 1 is 1.00 bits per heavy atom. The summed E-state index contributed by atoms with van der Waals surface area (Å²) in [6, 6.07) is 7.19.